The Balaban J connectivity index is 1.56. The average molecular weight is 372 g/mol. The summed E-state index contributed by atoms with van der Waals surface area (Å²) in [7, 11) is 1.74. The molecule has 134 valence electrons. The van der Waals surface area contributed by atoms with Crippen molar-refractivity contribution in [3.05, 3.63) is 64.9 Å². The Morgan fingerprint density at radius 3 is 2.65 bits per heavy atom. The van der Waals surface area contributed by atoms with Crippen molar-refractivity contribution in [2.75, 3.05) is 20.2 Å². The van der Waals surface area contributed by atoms with Crippen LogP contribution in [-0.4, -0.2) is 41.1 Å². The topological polar surface area (TPSA) is 68.5 Å². The summed E-state index contributed by atoms with van der Waals surface area (Å²) in [6.45, 7) is 2.59. The lowest BCUT2D eigenvalue weighted by Gasteiger charge is -2.17. The number of aryl methyl sites for hydroxylation is 1. The molecule has 0 spiro atoms. The van der Waals surface area contributed by atoms with Crippen LogP contribution >= 0.6 is 11.6 Å². The number of ether oxygens (including phenoxy) is 1. The predicted octanol–water partition coefficient (Wildman–Crippen LogP) is 3.85. The van der Waals surface area contributed by atoms with E-state index in [2.05, 4.69) is 10.1 Å². The van der Waals surface area contributed by atoms with Crippen LogP contribution in [-0.2, 0) is 0 Å². The van der Waals surface area contributed by atoms with E-state index in [1.165, 1.54) is 0 Å². The van der Waals surface area contributed by atoms with E-state index in [-0.39, 0.29) is 5.91 Å². The van der Waals surface area contributed by atoms with E-state index in [9.17, 15) is 4.79 Å². The number of rotatable bonds is 6. The molecule has 0 saturated carbocycles. The monoisotopic (exact) mass is 371 g/mol. The zero-order chi connectivity index (χ0) is 18.5. The lowest BCUT2D eigenvalue weighted by Crippen LogP contribution is -2.30. The first-order valence-electron chi connectivity index (χ1n) is 8.07. The van der Waals surface area contributed by atoms with Crippen LogP contribution in [0.1, 0.15) is 16.2 Å². The van der Waals surface area contributed by atoms with E-state index in [0.717, 1.165) is 5.56 Å². The molecule has 0 unspecified atom stereocenters. The van der Waals surface area contributed by atoms with E-state index in [4.69, 9.17) is 20.9 Å². The van der Waals surface area contributed by atoms with Gasteiger partial charge in [0.25, 0.3) is 11.8 Å². The third-order valence-corrected chi connectivity index (χ3v) is 3.98. The number of hydrogen-bond acceptors (Lipinski definition) is 5. The summed E-state index contributed by atoms with van der Waals surface area (Å²) in [6, 6.07) is 14.2. The number of halogens is 1. The Labute approximate surface area is 156 Å². The van der Waals surface area contributed by atoms with Gasteiger partial charge in [-0.15, -0.1) is 0 Å². The summed E-state index contributed by atoms with van der Waals surface area (Å²) in [5, 5.41) is 4.37. The van der Waals surface area contributed by atoms with Gasteiger partial charge in [-0.25, -0.2) is 0 Å². The Morgan fingerprint density at radius 1 is 1.23 bits per heavy atom. The summed E-state index contributed by atoms with van der Waals surface area (Å²) in [5.41, 5.74) is 1.35. The second kappa shape index (κ2) is 8.01. The molecule has 6 nitrogen and oxygen atoms in total. The molecule has 1 heterocycles. The summed E-state index contributed by atoms with van der Waals surface area (Å²) in [6.07, 6.45) is 0. The van der Waals surface area contributed by atoms with Gasteiger partial charge in [0.2, 0.25) is 0 Å². The van der Waals surface area contributed by atoms with Crippen LogP contribution in [0, 0.1) is 6.92 Å². The first-order chi connectivity index (χ1) is 12.5. The fourth-order valence-electron chi connectivity index (χ4n) is 2.35. The van der Waals surface area contributed by atoms with Crippen molar-refractivity contribution < 1.29 is 14.1 Å². The van der Waals surface area contributed by atoms with Crippen LogP contribution in [0.2, 0.25) is 5.02 Å². The maximum absolute atomic E-state index is 12.5. The van der Waals surface area contributed by atoms with Crippen LogP contribution in [0.15, 0.2) is 53.1 Å². The molecule has 0 aliphatic rings. The maximum atomic E-state index is 12.5. The van der Waals surface area contributed by atoms with Crippen molar-refractivity contribution in [3.63, 3.8) is 0 Å². The van der Waals surface area contributed by atoms with Gasteiger partial charge in [0.15, 0.2) is 5.82 Å². The Bertz CT molecular complexity index is 893. The molecule has 26 heavy (non-hydrogen) atoms. The van der Waals surface area contributed by atoms with Gasteiger partial charge >= 0.3 is 0 Å². The number of likely N-dealkylation sites (N-methyl/N-ethyl adjacent to an activating group) is 1. The first kappa shape index (κ1) is 17.9. The molecular weight excluding hydrogens is 354 g/mol. The molecule has 0 saturated heterocycles. The van der Waals surface area contributed by atoms with Gasteiger partial charge in [-0.05, 0) is 49.4 Å². The Hall–Kier alpha value is -2.86. The fraction of sp³-hybridized carbons (Fsp3) is 0.211. The van der Waals surface area contributed by atoms with Crippen LogP contribution < -0.4 is 4.74 Å². The number of carbonyl (C=O) groups is 1. The molecule has 0 fully saturated rings. The molecule has 0 radical (unpaired) electrons. The lowest BCUT2D eigenvalue weighted by atomic mass is 10.1. The van der Waals surface area contributed by atoms with E-state index in [1.54, 1.807) is 55.3 Å². The summed E-state index contributed by atoms with van der Waals surface area (Å²) >= 11 is 5.92. The summed E-state index contributed by atoms with van der Waals surface area (Å²) in [5.74, 6) is 1.59. The number of benzene rings is 2. The SMILES string of the molecule is Cc1noc(-c2ccc(C(=O)N(C)CCOc3cccc(Cl)c3)cc2)n1. The molecule has 7 heteroatoms. The minimum atomic E-state index is -0.0899. The summed E-state index contributed by atoms with van der Waals surface area (Å²) in [4.78, 5) is 18.3. The number of carbonyl (C=O) groups excluding carboxylic acids is 1. The van der Waals surface area contributed by atoms with E-state index < -0.39 is 0 Å². The zero-order valence-electron chi connectivity index (χ0n) is 14.5. The third-order valence-electron chi connectivity index (χ3n) is 3.74. The Morgan fingerprint density at radius 2 is 2.00 bits per heavy atom. The average Bonchev–Trinajstić information content (AvgIpc) is 3.07. The third kappa shape index (κ3) is 4.40. The van der Waals surface area contributed by atoms with Crippen LogP contribution in [0.3, 0.4) is 0 Å². The summed E-state index contributed by atoms with van der Waals surface area (Å²) < 4.78 is 10.7. The van der Waals surface area contributed by atoms with Crippen LogP contribution in [0.5, 0.6) is 5.75 Å². The number of hydrogen-bond donors (Lipinski definition) is 0. The van der Waals surface area contributed by atoms with Crippen molar-refractivity contribution >= 4 is 17.5 Å². The molecule has 3 rings (SSSR count). The van der Waals surface area contributed by atoms with Crippen molar-refractivity contribution in [1.29, 1.82) is 0 Å². The van der Waals surface area contributed by atoms with E-state index in [1.807, 2.05) is 12.1 Å². The Kier molecular flexibility index (Phi) is 5.53. The lowest BCUT2D eigenvalue weighted by molar-refractivity contribution is 0.0774. The van der Waals surface area contributed by atoms with Crippen LogP contribution in [0.25, 0.3) is 11.5 Å². The highest BCUT2D eigenvalue weighted by molar-refractivity contribution is 6.30. The first-order valence-corrected chi connectivity index (χ1v) is 8.45. The minimum Gasteiger partial charge on any atom is -0.492 e. The van der Waals surface area contributed by atoms with Crippen molar-refractivity contribution in [2.24, 2.45) is 0 Å². The molecule has 3 aromatic rings. The van der Waals surface area contributed by atoms with Gasteiger partial charge in [-0.3, -0.25) is 4.79 Å². The van der Waals surface area contributed by atoms with Gasteiger partial charge < -0.3 is 14.2 Å². The van der Waals surface area contributed by atoms with Crippen molar-refractivity contribution in [2.45, 2.75) is 6.92 Å². The highest BCUT2D eigenvalue weighted by atomic mass is 35.5. The van der Waals surface area contributed by atoms with E-state index in [0.29, 0.717) is 41.2 Å². The van der Waals surface area contributed by atoms with Gasteiger partial charge in [0, 0.05) is 23.2 Å². The van der Waals surface area contributed by atoms with Gasteiger partial charge in [-0.1, -0.05) is 22.8 Å². The largest absolute Gasteiger partial charge is 0.492 e. The highest BCUT2D eigenvalue weighted by Crippen LogP contribution is 2.19. The molecule has 0 atom stereocenters. The van der Waals surface area contributed by atoms with Gasteiger partial charge in [0.1, 0.15) is 12.4 Å². The van der Waals surface area contributed by atoms with Crippen molar-refractivity contribution in [1.82, 2.24) is 15.0 Å². The zero-order valence-corrected chi connectivity index (χ0v) is 15.2. The maximum Gasteiger partial charge on any atom is 0.257 e. The fourth-order valence-corrected chi connectivity index (χ4v) is 2.53. The highest BCUT2D eigenvalue weighted by Gasteiger charge is 2.13. The van der Waals surface area contributed by atoms with Gasteiger partial charge in [-0.2, -0.15) is 4.98 Å². The quantitative estimate of drug-likeness (QED) is 0.658. The molecule has 0 N–H and O–H groups in total. The molecule has 1 aromatic heterocycles. The normalized spacial score (nSPS) is 10.6. The predicted molar refractivity (Wildman–Crippen MR) is 98.4 cm³/mol. The second-order valence-corrected chi connectivity index (χ2v) is 6.19. The second-order valence-electron chi connectivity index (χ2n) is 5.76. The number of amides is 1. The number of nitrogens with zero attached hydrogens (tertiary/aromatic N) is 3. The standard InChI is InChI=1S/C19H18ClN3O3/c1-13-21-18(26-22-13)14-6-8-15(9-7-14)19(24)23(2)10-11-25-17-5-3-4-16(20)12-17/h3-9,12H,10-11H2,1-2H3. The number of aromatic nitrogens is 2. The molecular formula is C19H18ClN3O3. The van der Waals surface area contributed by atoms with E-state index >= 15 is 0 Å². The smallest absolute Gasteiger partial charge is 0.257 e. The minimum absolute atomic E-state index is 0.0899. The molecule has 0 aliphatic carbocycles. The molecule has 0 bridgehead atoms. The van der Waals surface area contributed by atoms with Gasteiger partial charge in [0.05, 0.1) is 6.54 Å². The molecule has 0 aliphatic heterocycles. The molecule has 2 aromatic carbocycles. The van der Waals surface area contributed by atoms with Crippen LogP contribution in [0.4, 0.5) is 0 Å². The molecule has 1 amide bonds. The van der Waals surface area contributed by atoms with Crippen molar-refractivity contribution in [3.8, 4) is 17.2 Å².